The number of carbonyl (C=O) groups excluding carboxylic acids is 1. The van der Waals surface area contributed by atoms with Gasteiger partial charge in [0.25, 0.3) is 0 Å². The van der Waals surface area contributed by atoms with Crippen LogP contribution in [0.1, 0.15) is 37.7 Å². The van der Waals surface area contributed by atoms with Gasteiger partial charge in [0, 0.05) is 37.9 Å². The van der Waals surface area contributed by atoms with Crippen LogP contribution in [-0.4, -0.2) is 48.2 Å². The molecule has 2 heterocycles. The van der Waals surface area contributed by atoms with Crippen molar-refractivity contribution in [2.24, 2.45) is 11.3 Å². The first-order valence-electron chi connectivity index (χ1n) is 9.45. The van der Waals surface area contributed by atoms with E-state index in [4.69, 9.17) is 4.74 Å². The molecule has 2 saturated heterocycles. The monoisotopic (exact) mass is 379 g/mol. The molecule has 1 N–H and O–H groups in total. The van der Waals surface area contributed by atoms with E-state index >= 15 is 0 Å². The number of aliphatic carboxylic acids is 1. The fraction of sp³-hybridized carbons (Fsp3) is 0.600. The van der Waals surface area contributed by atoms with Crippen molar-refractivity contribution in [3.8, 4) is 0 Å². The number of benzene rings is 1. The number of rotatable bonds is 3. The SMILES string of the molecule is O=C(N1C[C@@H]2CCC[C@@]2(C(=O)O)C1)C1(c2ccc(F)cc2F)CCOCC1. The lowest BCUT2D eigenvalue weighted by molar-refractivity contribution is -0.150. The van der Waals surface area contributed by atoms with Gasteiger partial charge in [-0.2, -0.15) is 0 Å². The third kappa shape index (κ3) is 2.74. The molecular weight excluding hydrogens is 356 g/mol. The molecule has 27 heavy (non-hydrogen) atoms. The second kappa shape index (κ2) is 6.55. The van der Waals surface area contributed by atoms with Gasteiger partial charge in [-0.15, -0.1) is 0 Å². The Labute approximate surface area is 156 Å². The van der Waals surface area contributed by atoms with Gasteiger partial charge in [-0.1, -0.05) is 12.5 Å². The summed E-state index contributed by atoms with van der Waals surface area (Å²) in [7, 11) is 0. The van der Waals surface area contributed by atoms with Crippen molar-refractivity contribution < 1.29 is 28.2 Å². The summed E-state index contributed by atoms with van der Waals surface area (Å²) in [5, 5.41) is 9.78. The van der Waals surface area contributed by atoms with E-state index in [1.54, 1.807) is 4.90 Å². The molecule has 3 fully saturated rings. The molecule has 4 rings (SSSR count). The molecule has 2 aliphatic heterocycles. The Hall–Kier alpha value is -2.02. The minimum absolute atomic E-state index is 0.0612. The summed E-state index contributed by atoms with van der Waals surface area (Å²) in [5.41, 5.74) is -1.84. The lowest BCUT2D eigenvalue weighted by Crippen LogP contribution is -2.50. The van der Waals surface area contributed by atoms with Crippen LogP contribution < -0.4 is 0 Å². The van der Waals surface area contributed by atoms with Gasteiger partial charge < -0.3 is 14.7 Å². The molecule has 0 radical (unpaired) electrons. The molecule has 146 valence electrons. The average Bonchev–Trinajstić information content (AvgIpc) is 3.20. The van der Waals surface area contributed by atoms with Crippen molar-refractivity contribution in [3.63, 3.8) is 0 Å². The van der Waals surface area contributed by atoms with E-state index in [-0.39, 0.29) is 23.9 Å². The summed E-state index contributed by atoms with van der Waals surface area (Å²) >= 11 is 0. The fourth-order valence-corrected chi connectivity index (χ4v) is 5.29. The highest BCUT2D eigenvalue weighted by Gasteiger charge is 2.58. The molecule has 2 atom stereocenters. The van der Waals surface area contributed by atoms with Crippen molar-refractivity contribution in [3.05, 3.63) is 35.4 Å². The molecule has 1 amide bonds. The Kier molecular flexibility index (Phi) is 4.45. The largest absolute Gasteiger partial charge is 0.481 e. The second-order valence-corrected chi connectivity index (χ2v) is 8.05. The van der Waals surface area contributed by atoms with Gasteiger partial charge in [0.15, 0.2) is 0 Å². The molecule has 0 aromatic heterocycles. The Bertz CT molecular complexity index is 777. The van der Waals surface area contributed by atoms with Crippen LogP contribution in [0.5, 0.6) is 0 Å². The highest BCUT2D eigenvalue weighted by molar-refractivity contribution is 5.90. The minimum atomic E-state index is -1.13. The maximum absolute atomic E-state index is 14.6. The number of fused-ring (bicyclic) bond motifs is 1. The standard InChI is InChI=1S/C20H23F2NO4/c21-14-3-4-15(16(22)10-14)19(6-8-27-9-7-19)17(24)23-11-13-2-1-5-20(13,12-23)18(25)26/h3-4,10,13H,1-2,5-9,11-12H2,(H,25,26)/t13-,20+/m0/s1. The molecule has 0 unspecified atom stereocenters. The topological polar surface area (TPSA) is 66.8 Å². The van der Waals surface area contributed by atoms with Gasteiger partial charge in [0.2, 0.25) is 5.91 Å². The zero-order valence-electron chi connectivity index (χ0n) is 15.0. The normalized spacial score (nSPS) is 29.6. The molecule has 1 saturated carbocycles. The van der Waals surface area contributed by atoms with Crippen LogP contribution in [0.2, 0.25) is 0 Å². The van der Waals surface area contributed by atoms with Gasteiger partial charge in [-0.25, -0.2) is 8.78 Å². The number of ether oxygens (including phenoxy) is 1. The van der Waals surface area contributed by atoms with Crippen LogP contribution in [0.25, 0.3) is 0 Å². The number of carboxylic acid groups (broad SMARTS) is 1. The van der Waals surface area contributed by atoms with Gasteiger partial charge in [0.05, 0.1) is 10.8 Å². The Morgan fingerprint density at radius 1 is 1.19 bits per heavy atom. The number of likely N-dealkylation sites (tertiary alicyclic amines) is 1. The lowest BCUT2D eigenvalue weighted by atomic mass is 9.72. The summed E-state index contributed by atoms with van der Waals surface area (Å²) in [6.45, 7) is 1.17. The van der Waals surface area contributed by atoms with Crippen LogP contribution in [0.4, 0.5) is 8.78 Å². The second-order valence-electron chi connectivity index (χ2n) is 8.05. The first kappa shape index (κ1) is 18.3. The van der Waals surface area contributed by atoms with E-state index in [2.05, 4.69) is 0 Å². The summed E-state index contributed by atoms with van der Waals surface area (Å²) < 4.78 is 33.4. The molecule has 0 bridgehead atoms. The zero-order valence-corrected chi connectivity index (χ0v) is 15.0. The van der Waals surface area contributed by atoms with E-state index in [1.165, 1.54) is 12.1 Å². The number of carbonyl (C=O) groups is 2. The van der Waals surface area contributed by atoms with Crippen molar-refractivity contribution in [1.29, 1.82) is 0 Å². The predicted molar refractivity (Wildman–Crippen MR) is 92.1 cm³/mol. The van der Waals surface area contributed by atoms with E-state index in [0.29, 0.717) is 39.0 Å². The number of nitrogens with zero attached hydrogens (tertiary/aromatic N) is 1. The lowest BCUT2D eigenvalue weighted by Gasteiger charge is -2.39. The van der Waals surface area contributed by atoms with Gasteiger partial charge in [-0.3, -0.25) is 9.59 Å². The molecule has 1 aromatic rings. The van der Waals surface area contributed by atoms with Crippen molar-refractivity contribution >= 4 is 11.9 Å². The molecule has 5 nitrogen and oxygen atoms in total. The molecule has 1 aromatic carbocycles. The van der Waals surface area contributed by atoms with Crippen LogP contribution >= 0.6 is 0 Å². The third-order valence-corrected chi connectivity index (χ3v) is 6.79. The highest BCUT2D eigenvalue weighted by Crippen LogP contribution is 2.50. The molecule has 3 aliphatic rings. The minimum Gasteiger partial charge on any atom is -0.481 e. The smallest absolute Gasteiger partial charge is 0.311 e. The Morgan fingerprint density at radius 3 is 2.56 bits per heavy atom. The van der Waals surface area contributed by atoms with E-state index in [9.17, 15) is 23.5 Å². The van der Waals surface area contributed by atoms with Crippen molar-refractivity contribution in [2.45, 2.75) is 37.5 Å². The van der Waals surface area contributed by atoms with Crippen molar-refractivity contribution in [1.82, 2.24) is 4.90 Å². The summed E-state index contributed by atoms with van der Waals surface area (Å²) in [6.07, 6.45) is 2.81. The van der Waals surface area contributed by atoms with Crippen molar-refractivity contribution in [2.75, 3.05) is 26.3 Å². The zero-order chi connectivity index (χ0) is 19.2. The quantitative estimate of drug-likeness (QED) is 0.877. The maximum atomic E-state index is 14.6. The van der Waals surface area contributed by atoms with Gasteiger partial charge >= 0.3 is 5.97 Å². The number of hydrogen-bond donors (Lipinski definition) is 1. The van der Waals surface area contributed by atoms with E-state index in [0.717, 1.165) is 18.9 Å². The average molecular weight is 379 g/mol. The fourth-order valence-electron chi connectivity index (χ4n) is 5.29. The number of hydrogen-bond acceptors (Lipinski definition) is 3. The molecule has 1 aliphatic carbocycles. The molecular formula is C20H23F2NO4. The van der Waals surface area contributed by atoms with Gasteiger partial charge in [-0.05, 0) is 37.7 Å². The summed E-state index contributed by atoms with van der Waals surface area (Å²) in [6, 6.07) is 3.31. The van der Waals surface area contributed by atoms with Crippen LogP contribution in [-0.2, 0) is 19.7 Å². The molecule has 7 heteroatoms. The summed E-state index contributed by atoms with van der Waals surface area (Å²) in [4.78, 5) is 27.1. The van der Waals surface area contributed by atoms with Crippen LogP contribution in [0, 0.1) is 23.0 Å². The Balaban J connectivity index is 1.70. The van der Waals surface area contributed by atoms with E-state index in [1.807, 2.05) is 0 Å². The Morgan fingerprint density at radius 2 is 1.93 bits per heavy atom. The maximum Gasteiger partial charge on any atom is 0.311 e. The molecule has 0 spiro atoms. The number of carboxylic acids is 1. The third-order valence-electron chi connectivity index (χ3n) is 6.79. The first-order valence-corrected chi connectivity index (χ1v) is 9.45. The van der Waals surface area contributed by atoms with Crippen LogP contribution in [0.15, 0.2) is 18.2 Å². The predicted octanol–water partition coefficient (Wildman–Crippen LogP) is 2.73. The van der Waals surface area contributed by atoms with E-state index < -0.39 is 28.4 Å². The summed E-state index contributed by atoms with van der Waals surface area (Å²) in [5.74, 6) is -2.60. The first-order chi connectivity index (χ1) is 12.9. The number of halogens is 2. The number of amides is 1. The highest BCUT2D eigenvalue weighted by atomic mass is 19.1. The van der Waals surface area contributed by atoms with Gasteiger partial charge in [0.1, 0.15) is 11.6 Å². The van der Waals surface area contributed by atoms with Crippen LogP contribution in [0.3, 0.4) is 0 Å².